The molecule has 0 bridgehead atoms. The van der Waals surface area contributed by atoms with E-state index in [0.717, 1.165) is 6.42 Å². The zero-order valence-electron chi connectivity index (χ0n) is 7.32. The third-order valence-corrected chi connectivity index (χ3v) is 2.93. The molecule has 1 aliphatic rings. The summed E-state index contributed by atoms with van der Waals surface area (Å²) in [6, 6.07) is 2.21. The van der Waals surface area contributed by atoms with Gasteiger partial charge in [-0.15, -0.1) is 0 Å². The van der Waals surface area contributed by atoms with Crippen molar-refractivity contribution in [3.8, 4) is 0 Å². The molecule has 0 aromatic carbocycles. The Morgan fingerprint density at radius 1 is 1.58 bits per heavy atom. The van der Waals surface area contributed by atoms with Gasteiger partial charge in [-0.25, -0.2) is 0 Å². The lowest BCUT2D eigenvalue weighted by atomic mass is 10.0. The number of aromatic nitrogens is 1. The van der Waals surface area contributed by atoms with Crippen molar-refractivity contribution in [3.63, 3.8) is 0 Å². The van der Waals surface area contributed by atoms with Gasteiger partial charge in [-0.3, -0.25) is 0 Å². The molecule has 2 heteroatoms. The summed E-state index contributed by atoms with van der Waals surface area (Å²) in [6.45, 7) is 4.36. The summed E-state index contributed by atoms with van der Waals surface area (Å²) in [5, 5.41) is 2.65. The minimum Gasteiger partial charge on any atom is -0.359 e. The lowest BCUT2D eigenvalue weighted by Gasteiger charge is -2.17. The number of H-pyrrole nitrogens is 1. The average Bonchev–Trinajstić information content (AvgIpc) is 2.26. The maximum absolute atomic E-state index is 3.34. The standard InChI is InChI=1S/C10H12IN/c1-7-5-8-6-10(2,11)4-3-9(8)12-7/h3,5-6,12H,4H2,1-2H3. The first-order chi connectivity index (χ1) is 5.57. The Kier molecular flexibility index (Phi) is 1.82. The van der Waals surface area contributed by atoms with Crippen molar-refractivity contribution in [3.05, 3.63) is 22.3 Å². The molecule has 1 aromatic heterocycles. The number of hydrogen-bond donors (Lipinski definition) is 1. The van der Waals surface area contributed by atoms with Crippen LogP contribution in [0.4, 0.5) is 0 Å². The van der Waals surface area contributed by atoms with Crippen molar-refractivity contribution in [2.75, 3.05) is 0 Å². The molecule has 1 aliphatic carbocycles. The number of rotatable bonds is 0. The van der Waals surface area contributed by atoms with Gasteiger partial charge in [0.05, 0.1) is 0 Å². The van der Waals surface area contributed by atoms with E-state index in [9.17, 15) is 0 Å². The lowest BCUT2D eigenvalue weighted by molar-refractivity contribution is 0.898. The van der Waals surface area contributed by atoms with Crippen LogP contribution in [0, 0.1) is 6.92 Å². The molecule has 2 rings (SSSR count). The Hall–Kier alpha value is -0.250. The van der Waals surface area contributed by atoms with Crippen LogP contribution < -0.4 is 10.6 Å². The fourth-order valence-corrected chi connectivity index (χ4v) is 2.16. The molecule has 0 saturated heterocycles. The van der Waals surface area contributed by atoms with Crippen molar-refractivity contribution in [1.82, 2.24) is 4.98 Å². The average molecular weight is 273 g/mol. The molecule has 1 nitrogen and oxygen atoms in total. The molecule has 0 fully saturated rings. The topological polar surface area (TPSA) is 15.8 Å². The monoisotopic (exact) mass is 273 g/mol. The maximum atomic E-state index is 3.34. The van der Waals surface area contributed by atoms with Crippen LogP contribution in [0.5, 0.6) is 0 Å². The van der Waals surface area contributed by atoms with Crippen molar-refractivity contribution in [2.24, 2.45) is 0 Å². The van der Waals surface area contributed by atoms with Gasteiger partial charge < -0.3 is 4.98 Å². The number of aromatic amines is 1. The molecule has 0 spiro atoms. The Morgan fingerprint density at radius 3 is 3.08 bits per heavy atom. The van der Waals surface area contributed by atoms with E-state index in [1.54, 1.807) is 0 Å². The predicted molar refractivity (Wildman–Crippen MR) is 60.8 cm³/mol. The summed E-state index contributed by atoms with van der Waals surface area (Å²) in [6.07, 6.45) is 5.75. The molecule has 64 valence electrons. The zero-order chi connectivity index (χ0) is 8.77. The number of nitrogens with one attached hydrogen (secondary N) is 1. The minimum absolute atomic E-state index is 0.305. The second kappa shape index (κ2) is 2.62. The Balaban J connectivity index is 2.71. The van der Waals surface area contributed by atoms with E-state index in [0.29, 0.717) is 3.42 Å². The first kappa shape index (κ1) is 8.35. The van der Waals surface area contributed by atoms with Crippen LogP contribution in [0.1, 0.15) is 19.0 Å². The highest BCUT2D eigenvalue weighted by atomic mass is 127. The third-order valence-electron chi connectivity index (χ3n) is 2.18. The highest BCUT2D eigenvalue weighted by molar-refractivity contribution is 14.1. The molecule has 0 amide bonds. The zero-order valence-corrected chi connectivity index (χ0v) is 9.47. The molecule has 1 atom stereocenters. The van der Waals surface area contributed by atoms with Gasteiger partial charge in [-0.1, -0.05) is 34.7 Å². The van der Waals surface area contributed by atoms with Crippen LogP contribution in [0.25, 0.3) is 12.2 Å². The molecule has 1 heterocycles. The Bertz CT molecular complexity index is 412. The van der Waals surface area contributed by atoms with E-state index >= 15 is 0 Å². The molecule has 1 N–H and O–H groups in total. The van der Waals surface area contributed by atoms with Gasteiger partial charge in [0.1, 0.15) is 0 Å². The number of alkyl halides is 1. The molecule has 0 aliphatic heterocycles. The van der Waals surface area contributed by atoms with Crippen molar-refractivity contribution >= 4 is 34.7 Å². The molecule has 12 heavy (non-hydrogen) atoms. The number of hydrogen-bond acceptors (Lipinski definition) is 0. The summed E-state index contributed by atoms with van der Waals surface area (Å²) in [5.41, 5.74) is 1.25. The quantitative estimate of drug-likeness (QED) is 0.544. The van der Waals surface area contributed by atoms with Crippen LogP contribution in [0.3, 0.4) is 0 Å². The van der Waals surface area contributed by atoms with Crippen LogP contribution in [-0.4, -0.2) is 8.41 Å². The van der Waals surface area contributed by atoms with Crippen molar-refractivity contribution in [2.45, 2.75) is 23.7 Å². The third kappa shape index (κ3) is 1.44. The highest BCUT2D eigenvalue weighted by Crippen LogP contribution is 2.25. The summed E-state index contributed by atoms with van der Waals surface area (Å²) >= 11 is 2.50. The first-order valence-electron chi connectivity index (χ1n) is 4.14. The Labute approximate surface area is 85.7 Å². The van der Waals surface area contributed by atoms with Gasteiger partial charge in [-0.05, 0) is 31.6 Å². The Morgan fingerprint density at radius 2 is 2.33 bits per heavy atom. The van der Waals surface area contributed by atoms with Gasteiger partial charge in [0.15, 0.2) is 0 Å². The minimum atomic E-state index is 0.305. The summed E-state index contributed by atoms with van der Waals surface area (Å²) in [7, 11) is 0. The molecule has 1 unspecified atom stereocenters. The summed E-state index contributed by atoms with van der Waals surface area (Å²) < 4.78 is 0.305. The predicted octanol–water partition coefficient (Wildman–Crippen LogP) is 1.48. The molecule has 0 radical (unpaired) electrons. The van der Waals surface area contributed by atoms with E-state index in [2.05, 4.69) is 59.6 Å². The number of aryl methyl sites for hydroxylation is 1. The van der Waals surface area contributed by atoms with Gasteiger partial charge in [-0.2, -0.15) is 0 Å². The number of fused-ring (bicyclic) bond motifs is 1. The lowest BCUT2D eigenvalue weighted by Crippen LogP contribution is -2.31. The van der Waals surface area contributed by atoms with E-state index in [4.69, 9.17) is 0 Å². The van der Waals surface area contributed by atoms with Gasteiger partial charge in [0.2, 0.25) is 0 Å². The van der Waals surface area contributed by atoms with Crippen LogP contribution >= 0.6 is 22.6 Å². The first-order valence-corrected chi connectivity index (χ1v) is 5.22. The fraction of sp³-hybridized carbons (Fsp3) is 0.400. The molecule has 1 aromatic rings. The summed E-state index contributed by atoms with van der Waals surface area (Å²) in [5.74, 6) is 0. The number of halogens is 1. The van der Waals surface area contributed by atoms with Gasteiger partial charge >= 0.3 is 0 Å². The van der Waals surface area contributed by atoms with Gasteiger partial charge in [0.25, 0.3) is 0 Å². The van der Waals surface area contributed by atoms with E-state index in [-0.39, 0.29) is 0 Å². The van der Waals surface area contributed by atoms with Crippen molar-refractivity contribution in [1.29, 1.82) is 0 Å². The highest BCUT2D eigenvalue weighted by Gasteiger charge is 2.17. The normalized spacial score (nSPS) is 27.2. The van der Waals surface area contributed by atoms with Crippen LogP contribution in [-0.2, 0) is 0 Å². The summed E-state index contributed by atoms with van der Waals surface area (Å²) in [4.78, 5) is 3.34. The van der Waals surface area contributed by atoms with E-state index < -0.39 is 0 Å². The van der Waals surface area contributed by atoms with Crippen molar-refractivity contribution < 1.29 is 0 Å². The fourth-order valence-electron chi connectivity index (χ4n) is 1.60. The second-order valence-electron chi connectivity index (χ2n) is 3.65. The largest absolute Gasteiger partial charge is 0.359 e. The molecular formula is C10H12IN. The SMILES string of the molecule is Cc1cc2c([nH]1)=CCC(C)(I)C=2. The van der Waals surface area contributed by atoms with E-state index in [1.165, 1.54) is 16.3 Å². The second-order valence-corrected chi connectivity index (χ2v) is 6.12. The molecular weight excluding hydrogens is 261 g/mol. The van der Waals surface area contributed by atoms with Crippen LogP contribution in [0.2, 0.25) is 0 Å². The smallest absolute Gasteiger partial charge is 0.0417 e. The molecule has 0 saturated carbocycles. The van der Waals surface area contributed by atoms with Gasteiger partial charge in [0, 0.05) is 14.5 Å². The van der Waals surface area contributed by atoms with Crippen LogP contribution in [0.15, 0.2) is 6.07 Å². The maximum Gasteiger partial charge on any atom is 0.0417 e. The van der Waals surface area contributed by atoms with E-state index in [1.807, 2.05) is 0 Å².